The third-order valence-electron chi connectivity index (χ3n) is 5.38. The van der Waals surface area contributed by atoms with Gasteiger partial charge in [0, 0.05) is 37.0 Å². The van der Waals surface area contributed by atoms with Gasteiger partial charge in [-0.05, 0) is 24.6 Å². The van der Waals surface area contributed by atoms with E-state index in [1.807, 2.05) is 49.4 Å². The number of nitrogens with zero attached hydrogens (tertiary/aromatic N) is 5. The van der Waals surface area contributed by atoms with Gasteiger partial charge in [0.15, 0.2) is 0 Å². The molecule has 0 atom stereocenters. The molecule has 0 amide bonds. The van der Waals surface area contributed by atoms with E-state index >= 15 is 0 Å². The first-order valence-corrected chi connectivity index (χ1v) is 9.84. The molecule has 156 valence electrons. The minimum atomic E-state index is -0.728. The number of rotatable bonds is 6. The van der Waals surface area contributed by atoms with Crippen molar-refractivity contribution in [1.29, 1.82) is 0 Å². The van der Waals surface area contributed by atoms with Crippen molar-refractivity contribution in [1.82, 2.24) is 25.2 Å². The lowest BCUT2D eigenvalue weighted by molar-refractivity contribution is -0.147. The van der Waals surface area contributed by atoms with Crippen molar-refractivity contribution in [2.75, 3.05) is 13.1 Å². The van der Waals surface area contributed by atoms with Gasteiger partial charge in [-0.25, -0.2) is 0 Å². The Hall–Kier alpha value is -3.85. The predicted molar refractivity (Wildman–Crippen MR) is 110 cm³/mol. The summed E-state index contributed by atoms with van der Waals surface area (Å²) in [4.78, 5) is 21.8. The van der Waals surface area contributed by atoms with E-state index in [9.17, 15) is 4.79 Å². The Labute approximate surface area is 177 Å². The van der Waals surface area contributed by atoms with Gasteiger partial charge in [-0.1, -0.05) is 40.6 Å². The third-order valence-corrected chi connectivity index (χ3v) is 5.38. The Morgan fingerprint density at radius 3 is 2.65 bits per heavy atom. The summed E-state index contributed by atoms with van der Waals surface area (Å²) < 4.78 is 10.9. The smallest absolute Gasteiger partial charge is 0.309 e. The van der Waals surface area contributed by atoms with Gasteiger partial charge in [0.05, 0.1) is 11.6 Å². The summed E-state index contributed by atoms with van der Waals surface area (Å²) in [6.07, 6.45) is 1.70. The van der Waals surface area contributed by atoms with Crippen LogP contribution in [-0.2, 0) is 11.3 Å². The molecule has 0 bridgehead atoms. The quantitative estimate of drug-likeness (QED) is 0.504. The summed E-state index contributed by atoms with van der Waals surface area (Å²) in [5.41, 5.74) is 4.03. The second kappa shape index (κ2) is 7.77. The molecule has 5 rings (SSSR count). The highest BCUT2D eigenvalue weighted by atomic mass is 16.5. The van der Waals surface area contributed by atoms with Gasteiger partial charge in [-0.15, -0.1) is 0 Å². The highest BCUT2D eigenvalue weighted by Gasteiger charge is 2.32. The topological polar surface area (TPSA) is 118 Å². The van der Waals surface area contributed by atoms with Crippen LogP contribution in [0.5, 0.6) is 0 Å². The van der Waals surface area contributed by atoms with E-state index in [4.69, 9.17) is 14.2 Å². The standard InChI is InChI=1S/C22H19N5O4/c1-13-18(17-4-2-3-9-23-17)25-30-19(13)21-24-20(26-31-21)15-7-5-14(6-8-15)10-27-11-16(12-27)22(28)29/h2-9,16H,10-12H2,1H3,(H,28,29). The number of aliphatic carboxylic acids is 1. The molecule has 1 N–H and O–H groups in total. The van der Waals surface area contributed by atoms with Gasteiger partial charge < -0.3 is 14.2 Å². The van der Waals surface area contributed by atoms with Gasteiger partial charge in [-0.2, -0.15) is 4.98 Å². The zero-order valence-electron chi connectivity index (χ0n) is 16.7. The summed E-state index contributed by atoms with van der Waals surface area (Å²) >= 11 is 0. The fourth-order valence-electron chi connectivity index (χ4n) is 3.58. The van der Waals surface area contributed by atoms with Crippen molar-refractivity contribution < 1.29 is 18.9 Å². The van der Waals surface area contributed by atoms with Crippen molar-refractivity contribution >= 4 is 5.97 Å². The number of hydrogen-bond donors (Lipinski definition) is 1. The molecule has 4 aromatic rings. The van der Waals surface area contributed by atoms with Gasteiger partial charge in [0.1, 0.15) is 5.69 Å². The molecule has 1 fully saturated rings. The Morgan fingerprint density at radius 1 is 1.13 bits per heavy atom. The van der Waals surface area contributed by atoms with Gasteiger partial charge in [0.25, 0.3) is 5.89 Å². The first-order chi connectivity index (χ1) is 15.1. The minimum absolute atomic E-state index is 0.255. The second-order valence-corrected chi connectivity index (χ2v) is 7.55. The van der Waals surface area contributed by atoms with Crippen molar-refractivity contribution in [3.63, 3.8) is 0 Å². The molecule has 9 nitrogen and oxygen atoms in total. The number of pyridine rings is 1. The zero-order valence-corrected chi connectivity index (χ0v) is 16.7. The minimum Gasteiger partial charge on any atom is -0.481 e. The van der Waals surface area contributed by atoms with Crippen LogP contribution < -0.4 is 0 Å². The monoisotopic (exact) mass is 417 g/mol. The predicted octanol–water partition coefficient (Wildman–Crippen LogP) is 3.28. The second-order valence-electron chi connectivity index (χ2n) is 7.55. The normalized spacial score (nSPS) is 14.5. The van der Waals surface area contributed by atoms with E-state index in [1.165, 1.54) is 0 Å². The summed E-state index contributed by atoms with van der Waals surface area (Å²) in [5.74, 6) is 0.142. The van der Waals surface area contributed by atoms with Crippen LogP contribution in [0.1, 0.15) is 11.1 Å². The molecule has 0 unspecified atom stereocenters. The van der Waals surface area contributed by atoms with E-state index in [1.54, 1.807) is 6.20 Å². The van der Waals surface area contributed by atoms with Crippen LogP contribution in [0.15, 0.2) is 57.7 Å². The number of carbonyl (C=O) groups is 1. The Bertz CT molecular complexity index is 1210. The molecular weight excluding hydrogens is 398 g/mol. The Balaban J connectivity index is 1.30. The van der Waals surface area contributed by atoms with E-state index < -0.39 is 5.97 Å². The van der Waals surface area contributed by atoms with Crippen molar-refractivity contribution in [2.24, 2.45) is 5.92 Å². The zero-order chi connectivity index (χ0) is 21.4. The maximum Gasteiger partial charge on any atom is 0.309 e. The summed E-state index contributed by atoms with van der Waals surface area (Å²) in [7, 11) is 0. The average molecular weight is 417 g/mol. The summed E-state index contributed by atoms with van der Waals surface area (Å²) in [5, 5.41) is 17.2. The SMILES string of the molecule is Cc1c(-c2ccccn2)noc1-c1nc(-c2ccc(CN3CC(C(=O)O)C3)cc2)no1. The largest absolute Gasteiger partial charge is 0.481 e. The van der Waals surface area contributed by atoms with Gasteiger partial charge in [0.2, 0.25) is 11.6 Å². The summed E-state index contributed by atoms with van der Waals surface area (Å²) in [6, 6.07) is 13.4. The van der Waals surface area contributed by atoms with Crippen molar-refractivity contribution in [3.8, 4) is 34.4 Å². The van der Waals surface area contributed by atoms with E-state index in [0.717, 1.165) is 23.2 Å². The maximum atomic E-state index is 10.9. The first kappa shape index (κ1) is 19.1. The van der Waals surface area contributed by atoms with Crippen LogP contribution >= 0.6 is 0 Å². The lowest BCUT2D eigenvalue weighted by Crippen LogP contribution is -2.49. The summed E-state index contributed by atoms with van der Waals surface area (Å²) in [6.45, 7) is 3.76. The van der Waals surface area contributed by atoms with Crippen molar-refractivity contribution in [3.05, 3.63) is 59.8 Å². The number of aromatic nitrogens is 4. The number of carboxylic acids is 1. The molecule has 1 saturated heterocycles. The van der Waals surface area contributed by atoms with E-state index in [2.05, 4.69) is 25.2 Å². The average Bonchev–Trinajstić information content (AvgIpc) is 3.38. The van der Waals surface area contributed by atoms with Gasteiger partial charge >= 0.3 is 5.97 Å². The third kappa shape index (κ3) is 3.71. The highest BCUT2D eigenvalue weighted by molar-refractivity contribution is 5.71. The van der Waals surface area contributed by atoms with Crippen LogP contribution in [0, 0.1) is 12.8 Å². The first-order valence-electron chi connectivity index (χ1n) is 9.84. The molecule has 31 heavy (non-hydrogen) atoms. The van der Waals surface area contributed by atoms with Crippen molar-refractivity contribution in [2.45, 2.75) is 13.5 Å². The van der Waals surface area contributed by atoms with Crippen LogP contribution in [0.2, 0.25) is 0 Å². The fraction of sp³-hybridized carbons (Fsp3) is 0.227. The van der Waals surface area contributed by atoms with Crippen LogP contribution in [-0.4, -0.2) is 49.3 Å². The molecule has 0 spiro atoms. The van der Waals surface area contributed by atoms with Crippen LogP contribution in [0.25, 0.3) is 34.4 Å². The molecule has 3 aromatic heterocycles. The molecule has 0 radical (unpaired) electrons. The molecule has 1 aliphatic heterocycles. The van der Waals surface area contributed by atoms with Crippen LogP contribution in [0.4, 0.5) is 0 Å². The molecule has 4 heterocycles. The number of likely N-dealkylation sites (tertiary alicyclic amines) is 1. The lowest BCUT2D eigenvalue weighted by Gasteiger charge is -2.36. The van der Waals surface area contributed by atoms with E-state index in [-0.39, 0.29) is 11.8 Å². The number of carboxylic acid groups (broad SMARTS) is 1. The van der Waals surface area contributed by atoms with Gasteiger partial charge in [-0.3, -0.25) is 14.7 Å². The lowest BCUT2D eigenvalue weighted by atomic mass is 9.99. The number of hydrogen-bond acceptors (Lipinski definition) is 8. The van der Waals surface area contributed by atoms with Crippen LogP contribution in [0.3, 0.4) is 0 Å². The Kier molecular flexibility index (Phi) is 4.79. The fourth-order valence-corrected chi connectivity index (χ4v) is 3.58. The molecule has 0 aliphatic carbocycles. The molecule has 1 aliphatic rings. The molecule has 0 saturated carbocycles. The maximum absolute atomic E-state index is 10.9. The molecule has 9 heteroatoms. The molecule has 1 aromatic carbocycles. The Morgan fingerprint density at radius 2 is 1.94 bits per heavy atom. The molecular formula is C22H19N5O4. The highest BCUT2D eigenvalue weighted by Crippen LogP contribution is 2.31. The van der Waals surface area contributed by atoms with E-state index in [0.29, 0.717) is 36.1 Å². The number of benzene rings is 1.